The molecule has 0 fully saturated rings. The molecule has 0 spiro atoms. The number of nitrogens with zero attached hydrogens (tertiary/aromatic N) is 2. The molecule has 0 aliphatic heterocycles. The lowest BCUT2D eigenvalue weighted by atomic mass is 10.0. The number of aryl methyl sites for hydroxylation is 3. The highest BCUT2D eigenvalue weighted by molar-refractivity contribution is 7.11. The second kappa shape index (κ2) is 9.01. The van der Waals surface area contributed by atoms with E-state index < -0.39 is 0 Å². The van der Waals surface area contributed by atoms with Crippen molar-refractivity contribution in [2.45, 2.75) is 39.7 Å². The van der Waals surface area contributed by atoms with Gasteiger partial charge in [-0.2, -0.15) is 0 Å². The third kappa shape index (κ3) is 5.00. The number of hydrogen-bond acceptors (Lipinski definition) is 4. The first-order valence-corrected chi connectivity index (χ1v) is 10.7. The van der Waals surface area contributed by atoms with Gasteiger partial charge in [-0.3, -0.25) is 4.79 Å². The van der Waals surface area contributed by atoms with Crippen molar-refractivity contribution in [3.8, 4) is 0 Å². The molecule has 1 amide bonds. The maximum atomic E-state index is 13.9. The molecule has 6 heteroatoms. The van der Waals surface area contributed by atoms with E-state index in [1.165, 1.54) is 10.9 Å². The minimum Gasteiger partial charge on any atom is -0.342 e. The van der Waals surface area contributed by atoms with Gasteiger partial charge in [0, 0.05) is 23.4 Å². The highest BCUT2D eigenvalue weighted by Crippen LogP contribution is 2.30. The molecule has 29 heavy (non-hydrogen) atoms. The van der Waals surface area contributed by atoms with Crippen molar-refractivity contribution in [1.29, 1.82) is 0 Å². The van der Waals surface area contributed by atoms with Crippen molar-refractivity contribution in [3.05, 3.63) is 68.4 Å². The summed E-state index contributed by atoms with van der Waals surface area (Å²) >= 11 is 1.67. The monoisotopic (exact) mass is 413 g/mol. The Morgan fingerprint density at radius 1 is 1.31 bits per heavy atom. The predicted octanol–water partition coefficient (Wildman–Crippen LogP) is 4.59. The van der Waals surface area contributed by atoms with Crippen LogP contribution in [-0.2, 0) is 11.2 Å². The molecular formula is C23H28FN3OS. The lowest BCUT2D eigenvalue weighted by Crippen LogP contribution is -2.35. The molecule has 1 aromatic heterocycles. The standard InChI is InChI=1S/C23H28FN3OS/c1-6-21-15(3)25-23(29-21)20(13-27(4)5)26-22(28)18-10-9-16(11-18)17-8-7-14(2)19(24)12-17/h7-10,12,20H,6,11,13H2,1-5H3,(H,26,28). The summed E-state index contributed by atoms with van der Waals surface area (Å²) in [6, 6.07) is 5.05. The Hall–Kier alpha value is -2.31. The first-order valence-electron chi connectivity index (χ1n) is 9.86. The largest absolute Gasteiger partial charge is 0.342 e. The third-order valence-corrected chi connectivity index (χ3v) is 6.50. The van der Waals surface area contributed by atoms with E-state index in [1.54, 1.807) is 24.3 Å². The Kier molecular flexibility index (Phi) is 6.65. The van der Waals surface area contributed by atoms with Gasteiger partial charge in [-0.25, -0.2) is 9.37 Å². The molecule has 1 aliphatic carbocycles. The fourth-order valence-corrected chi connectivity index (χ4v) is 4.45. The number of benzene rings is 1. The summed E-state index contributed by atoms with van der Waals surface area (Å²) in [5.41, 5.74) is 4.12. The Morgan fingerprint density at radius 2 is 2.07 bits per heavy atom. The number of rotatable bonds is 7. The summed E-state index contributed by atoms with van der Waals surface area (Å²) in [6.45, 7) is 6.56. The Bertz CT molecular complexity index is 974. The van der Waals surface area contributed by atoms with Crippen LogP contribution in [0.4, 0.5) is 4.39 Å². The predicted molar refractivity (Wildman–Crippen MR) is 117 cm³/mol. The molecule has 1 aromatic carbocycles. The van der Waals surface area contributed by atoms with Gasteiger partial charge in [-0.1, -0.05) is 31.2 Å². The van der Waals surface area contributed by atoms with E-state index in [0.717, 1.165) is 28.3 Å². The van der Waals surface area contributed by atoms with Crippen LogP contribution in [-0.4, -0.2) is 36.4 Å². The van der Waals surface area contributed by atoms with Gasteiger partial charge in [-0.05, 0) is 57.1 Å². The van der Waals surface area contributed by atoms with Crippen LogP contribution in [0.15, 0.2) is 35.9 Å². The van der Waals surface area contributed by atoms with Gasteiger partial charge in [0.1, 0.15) is 10.8 Å². The van der Waals surface area contributed by atoms with Gasteiger partial charge in [-0.15, -0.1) is 11.3 Å². The number of likely N-dealkylation sites (N-methyl/N-ethyl adjacent to an activating group) is 1. The first kappa shape index (κ1) is 21.4. The highest BCUT2D eigenvalue weighted by atomic mass is 32.1. The smallest absolute Gasteiger partial charge is 0.248 e. The van der Waals surface area contributed by atoms with Crippen molar-refractivity contribution in [2.24, 2.45) is 0 Å². The second-order valence-corrected chi connectivity index (χ2v) is 8.84. The van der Waals surface area contributed by atoms with Crippen molar-refractivity contribution in [1.82, 2.24) is 15.2 Å². The Morgan fingerprint density at radius 3 is 2.69 bits per heavy atom. The Labute approximate surface area is 176 Å². The second-order valence-electron chi connectivity index (χ2n) is 7.73. The first-order chi connectivity index (χ1) is 13.8. The van der Waals surface area contributed by atoms with Crippen molar-refractivity contribution >= 4 is 22.8 Å². The zero-order chi connectivity index (χ0) is 21.1. The normalized spacial score (nSPS) is 14.7. The number of nitrogens with one attached hydrogen (secondary N) is 1. The number of halogens is 1. The summed E-state index contributed by atoms with van der Waals surface area (Å²) in [5.74, 6) is -0.320. The third-order valence-electron chi connectivity index (χ3n) is 5.08. The summed E-state index contributed by atoms with van der Waals surface area (Å²) in [4.78, 5) is 20.9. The SMILES string of the molecule is CCc1sc(C(CN(C)C)NC(=O)C2=CC=C(c3ccc(C)c(F)c3)C2)nc1C. The number of carbonyl (C=O) groups excluding carboxylic acids is 1. The summed E-state index contributed by atoms with van der Waals surface area (Å²) in [6.07, 6.45) is 5.18. The number of thiazole rings is 1. The zero-order valence-electron chi connectivity index (χ0n) is 17.7. The number of amides is 1. The number of carbonyl (C=O) groups is 1. The molecule has 1 aliphatic rings. The van der Waals surface area contributed by atoms with E-state index in [1.807, 2.05) is 39.2 Å². The van der Waals surface area contributed by atoms with Crippen molar-refractivity contribution in [3.63, 3.8) is 0 Å². The van der Waals surface area contributed by atoms with Crippen LogP contribution >= 0.6 is 11.3 Å². The van der Waals surface area contributed by atoms with Gasteiger partial charge < -0.3 is 10.2 Å². The van der Waals surface area contributed by atoms with E-state index in [0.29, 0.717) is 24.1 Å². The van der Waals surface area contributed by atoms with E-state index in [9.17, 15) is 9.18 Å². The fraction of sp³-hybridized carbons (Fsp3) is 0.391. The Balaban J connectivity index is 1.71. The van der Waals surface area contributed by atoms with E-state index in [4.69, 9.17) is 4.98 Å². The minimum atomic E-state index is -0.224. The minimum absolute atomic E-state index is 0.0958. The van der Waals surface area contributed by atoms with Gasteiger partial charge in [0.05, 0.1) is 11.7 Å². The maximum Gasteiger partial charge on any atom is 0.248 e. The van der Waals surface area contributed by atoms with Crippen LogP contribution in [0.3, 0.4) is 0 Å². The number of aromatic nitrogens is 1. The average Bonchev–Trinajstić information content (AvgIpc) is 3.30. The molecular weight excluding hydrogens is 385 g/mol. The molecule has 2 aromatic rings. The van der Waals surface area contributed by atoms with Crippen LogP contribution in [0.5, 0.6) is 0 Å². The van der Waals surface area contributed by atoms with Crippen molar-refractivity contribution in [2.75, 3.05) is 20.6 Å². The van der Waals surface area contributed by atoms with Crippen molar-refractivity contribution < 1.29 is 9.18 Å². The molecule has 1 N–H and O–H groups in total. The molecule has 0 radical (unpaired) electrons. The quantitative estimate of drug-likeness (QED) is 0.722. The summed E-state index contributed by atoms with van der Waals surface area (Å²) in [7, 11) is 3.97. The van der Waals surface area contributed by atoms with E-state index >= 15 is 0 Å². The van der Waals surface area contributed by atoms with Gasteiger partial charge in [0.25, 0.3) is 0 Å². The molecule has 0 saturated heterocycles. The van der Waals surface area contributed by atoms with E-state index in [2.05, 4.69) is 17.1 Å². The molecule has 154 valence electrons. The number of allylic oxidation sites excluding steroid dienone is 3. The molecule has 1 atom stereocenters. The molecule has 3 rings (SSSR count). The van der Waals surface area contributed by atoms with Gasteiger partial charge in [0.15, 0.2) is 0 Å². The molecule has 1 unspecified atom stereocenters. The number of hydrogen-bond donors (Lipinski definition) is 1. The molecule has 1 heterocycles. The lowest BCUT2D eigenvalue weighted by molar-refractivity contribution is -0.118. The van der Waals surface area contributed by atoms with Crippen LogP contribution in [0.2, 0.25) is 0 Å². The van der Waals surface area contributed by atoms with Crippen LogP contribution in [0.1, 0.15) is 46.1 Å². The van der Waals surface area contributed by atoms with E-state index in [-0.39, 0.29) is 17.8 Å². The lowest BCUT2D eigenvalue weighted by Gasteiger charge is -2.21. The summed E-state index contributed by atoms with van der Waals surface area (Å²) < 4.78 is 13.9. The fourth-order valence-electron chi connectivity index (χ4n) is 3.40. The van der Waals surface area contributed by atoms with Gasteiger partial charge in [0.2, 0.25) is 5.91 Å². The average molecular weight is 414 g/mol. The van der Waals surface area contributed by atoms with Crippen LogP contribution in [0.25, 0.3) is 5.57 Å². The van der Waals surface area contributed by atoms with Crippen LogP contribution in [0, 0.1) is 19.7 Å². The maximum absolute atomic E-state index is 13.9. The zero-order valence-corrected chi connectivity index (χ0v) is 18.5. The summed E-state index contributed by atoms with van der Waals surface area (Å²) in [5, 5.41) is 4.09. The molecule has 4 nitrogen and oxygen atoms in total. The molecule has 0 bridgehead atoms. The topological polar surface area (TPSA) is 45.2 Å². The van der Waals surface area contributed by atoms with Crippen LogP contribution < -0.4 is 5.32 Å². The highest BCUT2D eigenvalue weighted by Gasteiger charge is 2.24. The molecule has 0 saturated carbocycles. The van der Waals surface area contributed by atoms with Gasteiger partial charge >= 0.3 is 0 Å².